The summed E-state index contributed by atoms with van der Waals surface area (Å²) in [5.41, 5.74) is 1.94. The molecule has 3 nitrogen and oxygen atoms in total. The number of benzene rings is 2. The molecule has 0 heterocycles. The molecule has 1 N–H and O–H groups in total. The third kappa shape index (κ3) is 5.25. The third-order valence-electron chi connectivity index (χ3n) is 3.34. The first kappa shape index (κ1) is 17.3. The summed E-state index contributed by atoms with van der Waals surface area (Å²) in [6.07, 6.45) is 3.30. The molecule has 0 aliphatic heterocycles. The molecule has 2 aromatic rings. The van der Waals surface area contributed by atoms with Gasteiger partial charge in [0, 0.05) is 16.1 Å². The zero-order valence-electron chi connectivity index (χ0n) is 13.3. The molecule has 0 fully saturated rings. The predicted octanol–water partition coefficient (Wildman–Crippen LogP) is 4.74. The first-order valence-electron chi connectivity index (χ1n) is 7.56. The van der Waals surface area contributed by atoms with Crippen LogP contribution < -0.4 is 10.1 Å². The molecule has 0 radical (unpaired) electrons. The van der Waals surface area contributed by atoms with Crippen LogP contribution in [0.5, 0.6) is 5.75 Å². The number of amides is 1. The number of nitrogens with one attached hydrogen (secondary N) is 1. The standard InChI is InChI=1S/C19H20BrNO2/c1-3-23-18-11-10-17(20)13-16(18)9-12-19(22)21-14(2)15-7-5-4-6-8-15/h4-14H,3H2,1-2H3,(H,21,22)/b12-9+/t14-/m0/s1. The van der Waals surface area contributed by atoms with Crippen molar-refractivity contribution in [3.05, 3.63) is 70.2 Å². The van der Waals surface area contributed by atoms with E-state index >= 15 is 0 Å². The van der Waals surface area contributed by atoms with E-state index < -0.39 is 0 Å². The highest BCUT2D eigenvalue weighted by atomic mass is 79.9. The molecule has 120 valence electrons. The van der Waals surface area contributed by atoms with E-state index in [2.05, 4.69) is 21.2 Å². The largest absolute Gasteiger partial charge is 0.493 e. The van der Waals surface area contributed by atoms with Gasteiger partial charge < -0.3 is 10.1 Å². The number of ether oxygens (including phenoxy) is 1. The van der Waals surface area contributed by atoms with E-state index in [0.29, 0.717) is 6.61 Å². The van der Waals surface area contributed by atoms with E-state index in [-0.39, 0.29) is 11.9 Å². The quantitative estimate of drug-likeness (QED) is 0.742. The Kier molecular flexibility index (Phi) is 6.41. The van der Waals surface area contributed by atoms with Gasteiger partial charge in [-0.2, -0.15) is 0 Å². The van der Waals surface area contributed by atoms with Crippen molar-refractivity contribution in [2.45, 2.75) is 19.9 Å². The van der Waals surface area contributed by atoms with Crippen LogP contribution in [0.4, 0.5) is 0 Å². The van der Waals surface area contributed by atoms with Gasteiger partial charge in [-0.25, -0.2) is 0 Å². The van der Waals surface area contributed by atoms with Gasteiger partial charge >= 0.3 is 0 Å². The monoisotopic (exact) mass is 373 g/mol. The lowest BCUT2D eigenvalue weighted by Crippen LogP contribution is -2.24. The minimum absolute atomic E-state index is 0.0396. The molecule has 0 aromatic heterocycles. The molecule has 23 heavy (non-hydrogen) atoms. The number of carbonyl (C=O) groups excluding carboxylic acids is 1. The molecule has 1 amide bonds. The van der Waals surface area contributed by atoms with Crippen LogP contribution in [0.15, 0.2) is 59.1 Å². The van der Waals surface area contributed by atoms with Gasteiger partial charge in [0.2, 0.25) is 5.91 Å². The van der Waals surface area contributed by atoms with E-state index in [1.807, 2.05) is 62.4 Å². The zero-order chi connectivity index (χ0) is 16.7. The number of hydrogen-bond donors (Lipinski definition) is 1. The van der Waals surface area contributed by atoms with Gasteiger partial charge in [-0.05, 0) is 43.7 Å². The van der Waals surface area contributed by atoms with Crippen LogP contribution in [0.25, 0.3) is 6.08 Å². The van der Waals surface area contributed by atoms with Crippen LogP contribution in [0.3, 0.4) is 0 Å². The Labute approximate surface area is 145 Å². The Morgan fingerprint density at radius 3 is 2.70 bits per heavy atom. The molecular weight excluding hydrogens is 354 g/mol. The lowest BCUT2D eigenvalue weighted by atomic mass is 10.1. The fourth-order valence-corrected chi connectivity index (χ4v) is 2.57. The Balaban J connectivity index is 2.05. The fraction of sp³-hybridized carbons (Fsp3) is 0.211. The van der Waals surface area contributed by atoms with E-state index in [1.54, 1.807) is 6.08 Å². The summed E-state index contributed by atoms with van der Waals surface area (Å²) in [4.78, 5) is 12.1. The number of halogens is 1. The molecule has 0 bridgehead atoms. The minimum Gasteiger partial charge on any atom is -0.493 e. The summed E-state index contributed by atoms with van der Waals surface area (Å²) in [6.45, 7) is 4.48. The minimum atomic E-state index is -0.135. The van der Waals surface area contributed by atoms with Gasteiger partial charge in [0.15, 0.2) is 0 Å². The lowest BCUT2D eigenvalue weighted by Gasteiger charge is -2.12. The van der Waals surface area contributed by atoms with Gasteiger partial charge in [0.25, 0.3) is 0 Å². The molecule has 0 unspecified atom stereocenters. The van der Waals surface area contributed by atoms with Crippen molar-refractivity contribution in [1.82, 2.24) is 5.32 Å². The van der Waals surface area contributed by atoms with Crippen molar-refractivity contribution >= 4 is 27.9 Å². The Hall–Kier alpha value is -2.07. The maximum Gasteiger partial charge on any atom is 0.244 e. The van der Waals surface area contributed by atoms with Crippen LogP contribution in [0.1, 0.15) is 31.0 Å². The zero-order valence-corrected chi connectivity index (χ0v) is 14.8. The second-order valence-electron chi connectivity index (χ2n) is 5.09. The second-order valence-corrected chi connectivity index (χ2v) is 6.01. The average Bonchev–Trinajstić information content (AvgIpc) is 2.56. The van der Waals surface area contributed by atoms with Crippen LogP contribution in [-0.4, -0.2) is 12.5 Å². The summed E-state index contributed by atoms with van der Waals surface area (Å²) in [7, 11) is 0. The lowest BCUT2D eigenvalue weighted by molar-refractivity contribution is -0.117. The maximum absolute atomic E-state index is 12.1. The van der Waals surface area contributed by atoms with Crippen molar-refractivity contribution in [3.63, 3.8) is 0 Å². The van der Waals surface area contributed by atoms with E-state index in [0.717, 1.165) is 21.3 Å². The van der Waals surface area contributed by atoms with Crippen LogP contribution in [0, 0.1) is 0 Å². The fourth-order valence-electron chi connectivity index (χ4n) is 2.19. The van der Waals surface area contributed by atoms with Crippen molar-refractivity contribution in [2.75, 3.05) is 6.61 Å². The van der Waals surface area contributed by atoms with Gasteiger partial charge in [0.1, 0.15) is 5.75 Å². The molecule has 2 rings (SSSR count). The molecule has 0 saturated heterocycles. The molecule has 4 heteroatoms. The highest BCUT2D eigenvalue weighted by Gasteiger charge is 2.07. The molecule has 1 atom stereocenters. The van der Waals surface area contributed by atoms with E-state index in [1.165, 1.54) is 6.08 Å². The van der Waals surface area contributed by atoms with E-state index in [4.69, 9.17) is 4.74 Å². The normalized spacial score (nSPS) is 12.1. The Morgan fingerprint density at radius 1 is 1.26 bits per heavy atom. The van der Waals surface area contributed by atoms with Crippen molar-refractivity contribution in [1.29, 1.82) is 0 Å². The van der Waals surface area contributed by atoms with Gasteiger partial charge in [0.05, 0.1) is 12.6 Å². The van der Waals surface area contributed by atoms with Gasteiger partial charge in [-0.1, -0.05) is 46.3 Å². The predicted molar refractivity (Wildman–Crippen MR) is 97.3 cm³/mol. The second kappa shape index (κ2) is 8.53. The maximum atomic E-state index is 12.1. The summed E-state index contributed by atoms with van der Waals surface area (Å²) < 4.78 is 6.51. The highest BCUT2D eigenvalue weighted by molar-refractivity contribution is 9.10. The summed E-state index contributed by atoms with van der Waals surface area (Å²) in [6, 6.07) is 15.6. The highest BCUT2D eigenvalue weighted by Crippen LogP contribution is 2.24. The SMILES string of the molecule is CCOc1ccc(Br)cc1/C=C/C(=O)N[C@@H](C)c1ccccc1. The first-order valence-corrected chi connectivity index (χ1v) is 8.35. The molecular formula is C19H20BrNO2. The van der Waals surface area contributed by atoms with Crippen molar-refractivity contribution in [3.8, 4) is 5.75 Å². The first-order chi connectivity index (χ1) is 11.1. The number of hydrogen-bond acceptors (Lipinski definition) is 2. The third-order valence-corrected chi connectivity index (χ3v) is 3.84. The summed E-state index contributed by atoms with van der Waals surface area (Å²) >= 11 is 3.44. The molecule has 0 aliphatic carbocycles. The smallest absolute Gasteiger partial charge is 0.244 e. The summed E-state index contributed by atoms with van der Waals surface area (Å²) in [5, 5.41) is 2.95. The molecule has 0 aliphatic rings. The van der Waals surface area contributed by atoms with Crippen molar-refractivity contribution in [2.24, 2.45) is 0 Å². The van der Waals surface area contributed by atoms with E-state index in [9.17, 15) is 4.79 Å². The number of carbonyl (C=O) groups is 1. The summed E-state index contributed by atoms with van der Waals surface area (Å²) in [5.74, 6) is 0.625. The van der Waals surface area contributed by atoms with Crippen molar-refractivity contribution < 1.29 is 9.53 Å². The van der Waals surface area contributed by atoms with Gasteiger partial charge in [-0.3, -0.25) is 4.79 Å². The van der Waals surface area contributed by atoms with Crippen LogP contribution >= 0.6 is 15.9 Å². The topological polar surface area (TPSA) is 38.3 Å². The Morgan fingerprint density at radius 2 is 2.00 bits per heavy atom. The Bertz CT molecular complexity index is 683. The average molecular weight is 374 g/mol. The number of rotatable bonds is 6. The van der Waals surface area contributed by atoms with Crippen LogP contribution in [0.2, 0.25) is 0 Å². The van der Waals surface area contributed by atoms with Crippen LogP contribution in [-0.2, 0) is 4.79 Å². The molecule has 0 saturated carbocycles. The van der Waals surface area contributed by atoms with Gasteiger partial charge in [-0.15, -0.1) is 0 Å². The molecule has 2 aromatic carbocycles. The molecule has 0 spiro atoms.